The monoisotopic (exact) mass is 259 g/mol. The van der Waals surface area contributed by atoms with Gasteiger partial charge in [0.25, 0.3) is 0 Å². The molecular formula is C17H25NO. The maximum absolute atomic E-state index is 6.71. The minimum Gasteiger partial charge on any atom is -0.493 e. The molecule has 3 unspecified atom stereocenters. The fourth-order valence-electron chi connectivity index (χ4n) is 3.94. The number of rotatable bonds is 3. The van der Waals surface area contributed by atoms with E-state index in [2.05, 4.69) is 25.1 Å². The molecule has 3 rings (SSSR count). The molecule has 1 fully saturated rings. The van der Waals surface area contributed by atoms with Gasteiger partial charge in [-0.1, -0.05) is 44.4 Å². The lowest BCUT2D eigenvalue weighted by Gasteiger charge is -2.39. The zero-order valence-electron chi connectivity index (χ0n) is 11.9. The standard InChI is InChI=1S/C17H25NO/c1-2-13-6-5-9-17(18,10-13)11-14-12-19-16-8-4-3-7-15(14)16/h3-4,7-8,13-14H,2,5-6,9-12,18H2,1H3. The van der Waals surface area contributed by atoms with Crippen LogP contribution in [0, 0.1) is 5.92 Å². The molecule has 3 atom stereocenters. The van der Waals surface area contributed by atoms with Crippen molar-refractivity contribution in [2.45, 2.75) is 56.9 Å². The quantitative estimate of drug-likeness (QED) is 0.895. The molecule has 1 saturated carbocycles. The maximum atomic E-state index is 6.71. The molecule has 2 nitrogen and oxygen atoms in total. The summed E-state index contributed by atoms with van der Waals surface area (Å²) in [6.07, 6.45) is 7.40. The molecule has 0 spiro atoms. The predicted octanol–water partition coefficient (Wildman–Crippen LogP) is 3.85. The Hall–Kier alpha value is -1.02. The molecule has 1 heterocycles. The Morgan fingerprint density at radius 1 is 1.37 bits per heavy atom. The van der Waals surface area contributed by atoms with Crippen molar-refractivity contribution >= 4 is 0 Å². The average molecular weight is 259 g/mol. The van der Waals surface area contributed by atoms with Gasteiger partial charge in [0.1, 0.15) is 5.75 Å². The smallest absolute Gasteiger partial charge is 0.122 e. The minimum absolute atomic E-state index is 0.0321. The second kappa shape index (κ2) is 5.16. The van der Waals surface area contributed by atoms with Gasteiger partial charge in [0.15, 0.2) is 0 Å². The van der Waals surface area contributed by atoms with Crippen LogP contribution >= 0.6 is 0 Å². The minimum atomic E-state index is 0.0321. The third kappa shape index (κ3) is 2.64. The molecule has 1 aromatic carbocycles. The summed E-state index contributed by atoms with van der Waals surface area (Å²) >= 11 is 0. The summed E-state index contributed by atoms with van der Waals surface area (Å²) in [5.74, 6) is 2.40. The van der Waals surface area contributed by atoms with Gasteiger partial charge < -0.3 is 10.5 Å². The van der Waals surface area contributed by atoms with Gasteiger partial charge in [-0.25, -0.2) is 0 Å². The van der Waals surface area contributed by atoms with Crippen LogP contribution in [0.5, 0.6) is 5.75 Å². The summed E-state index contributed by atoms with van der Waals surface area (Å²) in [6, 6.07) is 8.44. The molecular weight excluding hydrogens is 234 g/mol. The van der Waals surface area contributed by atoms with Crippen molar-refractivity contribution in [3.8, 4) is 5.75 Å². The van der Waals surface area contributed by atoms with Crippen LogP contribution in [0.15, 0.2) is 24.3 Å². The summed E-state index contributed by atoms with van der Waals surface area (Å²) in [7, 11) is 0. The number of para-hydroxylation sites is 1. The normalized spacial score (nSPS) is 33.8. The van der Waals surface area contributed by atoms with Gasteiger partial charge in [-0.3, -0.25) is 0 Å². The molecule has 0 bridgehead atoms. The number of fused-ring (bicyclic) bond motifs is 1. The van der Waals surface area contributed by atoms with Gasteiger partial charge in [0.2, 0.25) is 0 Å². The molecule has 0 aromatic heterocycles. The fraction of sp³-hybridized carbons (Fsp3) is 0.647. The molecule has 0 amide bonds. The molecule has 1 aliphatic carbocycles. The number of hydrogen-bond acceptors (Lipinski definition) is 2. The molecule has 2 aliphatic rings. The lowest BCUT2D eigenvalue weighted by Crippen LogP contribution is -2.45. The highest BCUT2D eigenvalue weighted by atomic mass is 16.5. The van der Waals surface area contributed by atoms with Crippen molar-refractivity contribution in [3.63, 3.8) is 0 Å². The number of ether oxygens (including phenoxy) is 1. The van der Waals surface area contributed by atoms with Gasteiger partial charge >= 0.3 is 0 Å². The fourth-order valence-corrected chi connectivity index (χ4v) is 3.94. The largest absolute Gasteiger partial charge is 0.493 e. The molecule has 2 N–H and O–H groups in total. The summed E-state index contributed by atoms with van der Waals surface area (Å²) in [5.41, 5.74) is 8.11. The van der Waals surface area contributed by atoms with E-state index in [9.17, 15) is 0 Å². The van der Waals surface area contributed by atoms with E-state index in [1.165, 1.54) is 37.7 Å². The zero-order valence-corrected chi connectivity index (χ0v) is 11.9. The number of benzene rings is 1. The van der Waals surface area contributed by atoms with Crippen molar-refractivity contribution < 1.29 is 4.74 Å². The molecule has 104 valence electrons. The second-order valence-corrected chi connectivity index (χ2v) is 6.48. The molecule has 19 heavy (non-hydrogen) atoms. The van der Waals surface area contributed by atoms with Crippen molar-refractivity contribution in [2.75, 3.05) is 6.61 Å². The Kier molecular flexibility index (Phi) is 3.53. The highest BCUT2D eigenvalue weighted by molar-refractivity contribution is 5.39. The summed E-state index contributed by atoms with van der Waals surface area (Å²) in [6.45, 7) is 3.11. The van der Waals surface area contributed by atoms with Gasteiger partial charge in [0.05, 0.1) is 6.61 Å². The van der Waals surface area contributed by atoms with Crippen LogP contribution < -0.4 is 10.5 Å². The van der Waals surface area contributed by atoms with E-state index in [4.69, 9.17) is 10.5 Å². The van der Waals surface area contributed by atoms with Gasteiger partial charge in [0, 0.05) is 17.0 Å². The first-order valence-corrected chi connectivity index (χ1v) is 7.71. The van der Waals surface area contributed by atoms with Crippen molar-refractivity contribution in [1.82, 2.24) is 0 Å². The highest BCUT2D eigenvalue weighted by Gasteiger charge is 2.37. The van der Waals surface area contributed by atoms with Crippen LogP contribution in [0.3, 0.4) is 0 Å². The van der Waals surface area contributed by atoms with E-state index in [0.717, 1.165) is 24.7 Å². The molecule has 1 aliphatic heterocycles. The van der Waals surface area contributed by atoms with E-state index in [0.29, 0.717) is 5.92 Å². The Balaban J connectivity index is 1.72. The highest BCUT2D eigenvalue weighted by Crippen LogP contribution is 2.42. The second-order valence-electron chi connectivity index (χ2n) is 6.48. The molecule has 2 heteroatoms. The van der Waals surface area contributed by atoms with Crippen molar-refractivity contribution in [2.24, 2.45) is 11.7 Å². The van der Waals surface area contributed by atoms with Gasteiger partial charge in [-0.2, -0.15) is 0 Å². The Bertz CT molecular complexity index is 445. The average Bonchev–Trinajstić information content (AvgIpc) is 2.82. The van der Waals surface area contributed by atoms with E-state index in [-0.39, 0.29) is 5.54 Å². The zero-order chi connectivity index (χ0) is 13.3. The molecule has 1 aromatic rings. The SMILES string of the molecule is CCC1CCCC(N)(CC2COc3ccccc32)C1. The lowest BCUT2D eigenvalue weighted by molar-refractivity contribution is 0.188. The first-order chi connectivity index (χ1) is 9.20. The first-order valence-electron chi connectivity index (χ1n) is 7.71. The van der Waals surface area contributed by atoms with Crippen LogP contribution in [0.4, 0.5) is 0 Å². The lowest BCUT2D eigenvalue weighted by atomic mass is 9.71. The third-order valence-electron chi connectivity index (χ3n) is 5.01. The Morgan fingerprint density at radius 2 is 2.21 bits per heavy atom. The topological polar surface area (TPSA) is 35.2 Å². The van der Waals surface area contributed by atoms with Gasteiger partial charge in [-0.05, 0) is 31.2 Å². The van der Waals surface area contributed by atoms with Crippen LogP contribution in [0.2, 0.25) is 0 Å². The molecule has 0 saturated heterocycles. The van der Waals surface area contributed by atoms with Crippen LogP contribution in [-0.2, 0) is 0 Å². The predicted molar refractivity (Wildman–Crippen MR) is 78.5 cm³/mol. The van der Waals surface area contributed by atoms with Crippen LogP contribution in [-0.4, -0.2) is 12.1 Å². The third-order valence-corrected chi connectivity index (χ3v) is 5.01. The summed E-state index contributed by atoms with van der Waals surface area (Å²) in [4.78, 5) is 0. The van der Waals surface area contributed by atoms with Crippen molar-refractivity contribution in [1.29, 1.82) is 0 Å². The van der Waals surface area contributed by atoms with Crippen LogP contribution in [0.25, 0.3) is 0 Å². The van der Waals surface area contributed by atoms with E-state index in [1.54, 1.807) is 0 Å². The van der Waals surface area contributed by atoms with Crippen molar-refractivity contribution in [3.05, 3.63) is 29.8 Å². The van der Waals surface area contributed by atoms with Gasteiger partial charge in [-0.15, -0.1) is 0 Å². The van der Waals surface area contributed by atoms with E-state index < -0.39 is 0 Å². The van der Waals surface area contributed by atoms with E-state index in [1.807, 2.05) is 6.07 Å². The maximum Gasteiger partial charge on any atom is 0.122 e. The van der Waals surface area contributed by atoms with E-state index >= 15 is 0 Å². The summed E-state index contributed by atoms with van der Waals surface area (Å²) < 4.78 is 5.80. The van der Waals surface area contributed by atoms with Crippen LogP contribution in [0.1, 0.15) is 56.9 Å². The number of nitrogens with two attached hydrogens (primary N) is 1. The Labute approximate surface area is 116 Å². The number of hydrogen-bond donors (Lipinski definition) is 1. The first kappa shape index (κ1) is 13.0. The summed E-state index contributed by atoms with van der Waals surface area (Å²) in [5, 5.41) is 0. The molecule has 0 radical (unpaired) electrons. The Morgan fingerprint density at radius 3 is 3.05 bits per heavy atom.